The van der Waals surface area contributed by atoms with E-state index in [9.17, 15) is 13.2 Å². The molecule has 0 aliphatic carbocycles. The molecule has 3 heterocycles. The third-order valence-electron chi connectivity index (χ3n) is 6.74. The molecule has 1 saturated heterocycles. The van der Waals surface area contributed by atoms with E-state index in [2.05, 4.69) is 20.6 Å². The number of nitrogens with one attached hydrogen (secondary N) is 3. The predicted molar refractivity (Wildman–Crippen MR) is 152 cm³/mol. The number of amides is 1. The summed E-state index contributed by atoms with van der Waals surface area (Å²) in [6, 6.07) is 13.6. The lowest BCUT2D eigenvalue weighted by atomic mass is 10.1. The van der Waals surface area contributed by atoms with Gasteiger partial charge in [0.15, 0.2) is 12.3 Å². The second-order valence-corrected chi connectivity index (χ2v) is 11.6. The number of piperidine rings is 1. The average Bonchev–Trinajstić information content (AvgIpc) is 3.42. The number of benzene rings is 2. The third-order valence-corrected chi connectivity index (χ3v) is 8.94. The number of hydrogen-bond donors (Lipinski definition) is 3. The molecule has 0 radical (unpaired) electrons. The maximum atomic E-state index is 13.1. The SMILES string of the molecule is CNC(=O)COc1ccc(-c2nc3c(NC4CCN(S(=O)(=O)c5ccc(OC)cc5)CC4)c(Cl)cnc3[nH]2)cc1. The molecule has 2 aromatic carbocycles. The molecule has 0 atom stereocenters. The number of anilines is 1. The zero-order valence-electron chi connectivity index (χ0n) is 22.0. The van der Waals surface area contributed by atoms with Gasteiger partial charge in [0.2, 0.25) is 10.0 Å². The molecule has 0 spiro atoms. The summed E-state index contributed by atoms with van der Waals surface area (Å²) >= 11 is 6.53. The number of aromatic nitrogens is 3. The Labute approximate surface area is 236 Å². The lowest BCUT2D eigenvalue weighted by molar-refractivity contribution is -0.122. The topological polar surface area (TPSA) is 139 Å². The van der Waals surface area contributed by atoms with Crippen LogP contribution in [0.1, 0.15) is 12.8 Å². The molecule has 4 aromatic rings. The van der Waals surface area contributed by atoms with Crippen LogP contribution in [0.2, 0.25) is 5.02 Å². The highest BCUT2D eigenvalue weighted by atomic mass is 35.5. The molecule has 1 aliphatic rings. The minimum Gasteiger partial charge on any atom is -0.497 e. The summed E-state index contributed by atoms with van der Waals surface area (Å²) in [5, 5.41) is 6.41. The number of carbonyl (C=O) groups excluding carboxylic acids is 1. The lowest BCUT2D eigenvalue weighted by Gasteiger charge is -2.32. The summed E-state index contributed by atoms with van der Waals surface area (Å²) in [5.74, 6) is 1.56. The fraction of sp³-hybridized carbons (Fsp3) is 0.296. The van der Waals surface area contributed by atoms with Crippen molar-refractivity contribution in [3.8, 4) is 22.9 Å². The first-order valence-electron chi connectivity index (χ1n) is 12.7. The van der Waals surface area contributed by atoms with Gasteiger partial charge >= 0.3 is 0 Å². The van der Waals surface area contributed by atoms with Crippen molar-refractivity contribution in [1.29, 1.82) is 0 Å². The molecular weight excluding hydrogens is 556 g/mol. The molecule has 11 nitrogen and oxygen atoms in total. The molecule has 0 bridgehead atoms. The van der Waals surface area contributed by atoms with E-state index in [1.807, 2.05) is 12.1 Å². The number of methoxy groups -OCH3 is 1. The molecule has 40 heavy (non-hydrogen) atoms. The number of carbonyl (C=O) groups is 1. The van der Waals surface area contributed by atoms with Crippen LogP contribution in [0.25, 0.3) is 22.6 Å². The van der Waals surface area contributed by atoms with Gasteiger partial charge in [-0.25, -0.2) is 18.4 Å². The van der Waals surface area contributed by atoms with E-state index in [1.165, 1.54) is 4.31 Å². The van der Waals surface area contributed by atoms with Gasteiger partial charge in [0.25, 0.3) is 5.91 Å². The Morgan fingerprint density at radius 2 is 1.77 bits per heavy atom. The highest BCUT2D eigenvalue weighted by molar-refractivity contribution is 7.89. The highest BCUT2D eigenvalue weighted by Gasteiger charge is 2.30. The molecule has 1 amide bonds. The summed E-state index contributed by atoms with van der Waals surface area (Å²) < 4.78 is 38.3. The van der Waals surface area contributed by atoms with Crippen LogP contribution in [0.5, 0.6) is 11.5 Å². The Kier molecular flexibility index (Phi) is 8.10. The van der Waals surface area contributed by atoms with Gasteiger partial charge in [-0.05, 0) is 61.4 Å². The number of fused-ring (bicyclic) bond motifs is 1. The number of aromatic amines is 1. The number of rotatable bonds is 9. The van der Waals surface area contributed by atoms with Gasteiger partial charge in [0, 0.05) is 31.7 Å². The van der Waals surface area contributed by atoms with Gasteiger partial charge in [-0.15, -0.1) is 0 Å². The molecular formula is C27H29ClN6O5S. The van der Waals surface area contributed by atoms with Crippen LogP contribution < -0.4 is 20.1 Å². The fourth-order valence-electron chi connectivity index (χ4n) is 4.48. The Morgan fingerprint density at radius 1 is 1.10 bits per heavy atom. The van der Waals surface area contributed by atoms with Crippen molar-refractivity contribution in [2.24, 2.45) is 0 Å². The molecule has 1 aliphatic heterocycles. The van der Waals surface area contributed by atoms with Crippen LogP contribution in [0.15, 0.2) is 59.6 Å². The quantitative estimate of drug-likeness (QED) is 0.271. The smallest absolute Gasteiger partial charge is 0.257 e. The zero-order valence-corrected chi connectivity index (χ0v) is 23.6. The Morgan fingerprint density at radius 3 is 2.42 bits per heavy atom. The van der Waals surface area contributed by atoms with Gasteiger partial charge in [-0.1, -0.05) is 11.6 Å². The number of hydrogen-bond acceptors (Lipinski definition) is 8. The van der Waals surface area contributed by atoms with Crippen molar-refractivity contribution in [3.05, 3.63) is 59.8 Å². The minimum atomic E-state index is -3.60. The maximum Gasteiger partial charge on any atom is 0.257 e. The molecule has 1 fully saturated rings. The number of pyridine rings is 1. The van der Waals surface area contributed by atoms with Crippen molar-refractivity contribution in [2.45, 2.75) is 23.8 Å². The molecule has 3 N–H and O–H groups in total. The van der Waals surface area contributed by atoms with E-state index in [0.717, 1.165) is 5.56 Å². The maximum absolute atomic E-state index is 13.1. The second kappa shape index (κ2) is 11.7. The monoisotopic (exact) mass is 584 g/mol. The van der Waals surface area contributed by atoms with Crippen molar-refractivity contribution >= 4 is 44.4 Å². The summed E-state index contributed by atoms with van der Waals surface area (Å²) in [4.78, 5) is 24.0. The second-order valence-electron chi connectivity index (χ2n) is 9.25. The number of ether oxygens (including phenoxy) is 2. The van der Waals surface area contributed by atoms with Crippen molar-refractivity contribution in [1.82, 2.24) is 24.6 Å². The number of nitrogens with zero attached hydrogens (tertiary/aromatic N) is 3. The molecule has 0 saturated carbocycles. The zero-order chi connectivity index (χ0) is 28.3. The minimum absolute atomic E-state index is 0.00215. The Bertz CT molecular complexity index is 1600. The van der Waals surface area contributed by atoms with E-state index in [1.54, 1.807) is 56.8 Å². The Balaban J connectivity index is 1.28. The number of sulfonamides is 1. The van der Waals surface area contributed by atoms with E-state index in [-0.39, 0.29) is 23.5 Å². The largest absolute Gasteiger partial charge is 0.497 e. The van der Waals surface area contributed by atoms with Gasteiger partial charge in [-0.2, -0.15) is 4.31 Å². The number of likely N-dealkylation sites (N-methyl/N-ethyl adjacent to an activating group) is 1. The van der Waals surface area contributed by atoms with Crippen LogP contribution >= 0.6 is 11.6 Å². The summed E-state index contributed by atoms with van der Waals surface area (Å²) in [5.41, 5.74) is 2.62. The highest BCUT2D eigenvalue weighted by Crippen LogP contribution is 2.33. The first-order valence-corrected chi connectivity index (χ1v) is 14.5. The molecule has 0 unspecified atom stereocenters. The van der Waals surface area contributed by atoms with Crippen LogP contribution in [0.3, 0.4) is 0 Å². The number of halogens is 1. The standard InChI is InChI=1S/C27H29ClN6O5S/c1-29-23(35)16-39-20-5-3-17(4-6-20)26-32-25-24(22(28)15-30-27(25)33-26)31-18-11-13-34(14-12-18)40(36,37)21-9-7-19(38-2)8-10-21/h3-10,15,18H,11-14,16H2,1-2H3,(H,29,35)(H2,30,31,32,33). The van der Waals surface area contributed by atoms with E-state index in [4.69, 9.17) is 26.1 Å². The summed E-state index contributed by atoms with van der Waals surface area (Å²) in [7, 11) is -0.505. The normalized spacial score (nSPS) is 14.7. The summed E-state index contributed by atoms with van der Waals surface area (Å²) in [6.07, 6.45) is 2.77. The number of imidazole rings is 1. The molecule has 13 heteroatoms. The van der Waals surface area contributed by atoms with E-state index < -0.39 is 10.0 Å². The third kappa shape index (κ3) is 5.83. The van der Waals surface area contributed by atoms with Gasteiger partial charge in [-0.3, -0.25) is 4.79 Å². The first kappa shape index (κ1) is 27.7. The first-order chi connectivity index (χ1) is 19.3. The Hall–Kier alpha value is -3.87. The van der Waals surface area contributed by atoms with Gasteiger partial charge < -0.3 is 25.1 Å². The van der Waals surface area contributed by atoms with Gasteiger partial charge in [0.05, 0.1) is 28.9 Å². The number of H-pyrrole nitrogens is 1. The molecule has 210 valence electrons. The average molecular weight is 585 g/mol. The van der Waals surface area contributed by atoms with Crippen LogP contribution in [-0.2, 0) is 14.8 Å². The van der Waals surface area contributed by atoms with Crippen LogP contribution in [0.4, 0.5) is 5.69 Å². The van der Waals surface area contributed by atoms with Crippen molar-refractivity contribution < 1.29 is 22.7 Å². The predicted octanol–water partition coefficient (Wildman–Crippen LogP) is 3.68. The summed E-state index contributed by atoms with van der Waals surface area (Å²) in [6.45, 7) is 0.681. The fourth-order valence-corrected chi connectivity index (χ4v) is 6.14. The molecule has 2 aromatic heterocycles. The van der Waals surface area contributed by atoms with E-state index >= 15 is 0 Å². The molecule has 5 rings (SSSR count). The van der Waals surface area contributed by atoms with Crippen LogP contribution in [-0.4, -0.2) is 73.5 Å². The van der Waals surface area contributed by atoms with Crippen molar-refractivity contribution in [2.75, 3.05) is 39.2 Å². The van der Waals surface area contributed by atoms with Crippen LogP contribution in [0, 0.1) is 0 Å². The lowest BCUT2D eigenvalue weighted by Crippen LogP contribution is -2.42. The van der Waals surface area contributed by atoms with Gasteiger partial charge in [0.1, 0.15) is 22.8 Å². The van der Waals surface area contributed by atoms with Crippen molar-refractivity contribution in [3.63, 3.8) is 0 Å². The van der Waals surface area contributed by atoms with E-state index in [0.29, 0.717) is 65.1 Å².